The molecule has 0 radical (unpaired) electrons. The number of hydrogen-bond donors (Lipinski definition) is 2. The first kappa shape index (κ1) is 31.2. The number of carboxylic acids is 1. The normalized spacial score (nSPS) is 13.3. The van der Waals surface area contributed by atoms with Gasteiger partial charge in [-0.25, -0.2) is 19.7 Å². The lowest BCUT2D eigenvalue weighted by atomic mass is 10.1. The number of nitrogens with zero attached hydrogens (tertiary/aromatic N) is 6. The molecule has 1 aromatic carbocycles. The van der Waals surface area contributed by atoms with Crippen molar-refractivity contribution in [3.63, 3.8) is 0 Å². The second kappa shape index (κ2) is 14.0. The summed E-state index contributed by atoms with van der Waals surface area (Å²) in [6.07, 6.45) is 6.84. The first-order valence-corrected chi connectivity index (χ1v) is 14.8. The van der Waals surface area contributed by atoms with Crippen molar-refractivity contribution >= 4 is 29.5 Å². The molecule has 0 atom stereocenters. The molecule has 234 valence electrons. The zero-order chi connectivity index (χ0) is 31.8. The van der Waals surface area contributed by atoms with Crippen LogP contribution < -0.4 is 15.0 Å². The summed E-state index contributed by atoms with van der Waals surface area (Å²) in [4.78, 5) is 45.2. The number of pyridine rings is 2. The highest BCUT2D eigenvalue weighted by Crippen LogP contribution is 2.27. The van der Waals surface area contributed by atoms with E-state index in [9.17, 15) is 9.59 Å². The molecule has 1 fully saturated rings. The van der Waals surface area contributed by atoms with Crippen molar-refractivity contribution in [2.45, 2.75) is 45.8 Å². The van der Waals surface area contributed by atoms with Crippen LogP contribution in [0.3, 0.4) is 0 Å². The van der Waals surface area contributed by atoms with E-state index >= 15 is 0 Å². The predicted molar refractivity (Wildman–Crippen MR) is 170 cm³/mol. The predicted octanol–water partition coefficient (Wildman–Crippen LogP) is 5.33. The second-order valence-electron chi connectivity index (χ2n) is 11.6. The van der Waals surface area contributed by atoms with E-state index in [0.717, 1.165) is 28.2 Å². The zero-order valence-electron chi connectivity index (χ0n) is 25.6. The molecule has 4 heterocycles. The highest BCUT2D eigenvalue weighted by molar-refractivity contribution is 5.70. The first-order valence-electron chi connectivity index (χ1n) is 14.8. The molecule has 1 amide bonds. The van der Waals surface area contributed by atoms with E-state index in [1.807, 2.05) is 69.3 Å². The molecule has 12 heteroatoms. The van der Waals surface area contributed by atoms with Crippen molar-refractivity contribution in [1.29, 1.82) is 0 Å². The van der Waals surface area contributed by atoms with Gasteiger partial charge in [0.1, 0.15) is 35.4 Å². The average Bonchev–Trinajstić information content (AvgIpc) is 3.03. The minimum atomic E-state index is -0.822. The second-order valence-corrected chi connectivity index (χ2v) is 11.6. The van der Waals surface area contributed by atoms with E-state index in [0.29, 0.717) is 50.0 Å². The lowest BCUT2D eigenvalue weighted by molar-refractivity contribution is -0.136. The summed E-state index contributed by atoms with van der Waals surface area (Å²) in [5.41, 5.74) is 2.88. The van der Waals surface area contributed by atoms with Crippen molar-refractivity contribution in [3.05, 3.63) is 84.4 Å². The van der Waals surface area contributed by atoms with E-state index in [2.05, 4.69) is 25.2 Å². The van der Waals surface area contributed by atoms with Gasteiger partial charge in [-0.1, -0.05) is 12.1 Å². The molecule has 0 saturated carbocycles. The molecule has 1 aliphatic rings. The monoisotopic (exact) mass is 611 g/mol. The van der Waals surface area contributed by atoms with Gasteiger partial charge < -0.3 is 29.7 Å². The van der Waals surface area contributed by atoms with E-state index in [4.69, 9.17) is 19.6 Å². The number of hydrogen-bond acceptors (Lipinski definition) is 10. The molecular weight excluding hydrogens is 574 g/mol. The molecule has 3 aromatic heterocycles. The molecule has 2 N–H and O–H groups in total. The molecule has 0 bridgehead atoms. The number of aliphatic carboxylic acids is 1. The third-order valence-electron chi connectivity index (χ3n) is 6.96. The summed E-state index contributed by atoms with van der Waals surface area (Å²) in [5, 5.41) is 12.2. The Morgan fingerprint density at radius 3 is 2.38 bits per heavy atom. The van der Waals surface area contributed by atoms with Crippen LogP contribution in [-0.4, -0.2) is 73.8 Å². The number of ether oxygens (including phenoxy) is 2. The van der Waals surface area contributed by atoms with Gasteiger partial charge in [-0.3, -0.25) is 9.78 Å². The lowest BCUT2D eigenvalue weighted by Gasteiger charge is -2.36. The maximum atomic E-state index is 12.5. The Labute approximate surface area is 262 Å². The summed E-state index contributed by atoms with van der Waals surface area (Å²) in [6.45, 7) is 8.22. The van der Waals surface area contributed by atoms with Crippen LogP contribution in [-0.2, 0) is 22.6 Å². The Hall–Kier alpha value is -5.26. The minimum absolute atomic E-state index is 0.0839. The SMILES string of the molecule is CC(C)(C)OC(=O)N1CCN(c2cc(-c3cc(COc4ccc(CCC(=O)O)cc4)cc(Nc4cnccn4)n3)ccn2)CC1. The molecule has 0 spiro atoms. The lowest BCUT2D eigenvalue weighted by Crippen LogP contribution is -2.50. The van der Waals surface area contributed by atoms with Crippen LogP contribution in [0.15, 0.2) is 73.3 Å². The molecule has 4 aromatic rings. The van der Waals surface area contributed by atoms with Crippen molar-refractivity contribution in [1.82, 2.24) is 24.8 Å². The highest BCUT2D eigenvalue weighted by Gasteiger charge is 2.26. The quantitative estimate of drug-likeness (QED) is 0.240. The van der Waals surface area contributed by atoms with E-state index in [1.165, 1.54) is 0 Å². The van der Waals surface area contributed by atoms with Crippen LogP contribution in [0.4, 0.5) is 22.2 Å². The van der Waals surface area contributed by atoms with E-state index in [1.54, 1.807) is 29.7 Å². The number of amides is 1. The maximum Gasteiger partial charge on any atom is 0.410 e. The van der Waals surface area contributed by atoms with Crippen LogP contribution in [0.25, 0.3) is 11.3 Å². The van der Waals surface area contributed by atoms with Gasteiger partial charge in [0, 0.05) is 56.8 Å². The summed E-state index contributed by atoms with van der Waals surface area (Å²) >= 11 is 0. The number of carbonyl (C=O) groups excluding carboxylic acids is 1. The van der Waals surface area contributed by atoms with Crippen LogP contribution in [0.5, 0.6) is 5.75 Å². The van der Waals surface area contributed by atoms with Crippen LogP contribution in [0.2, 0.25) is 0 Å². The summed E-state index contributed by atoms with van der Waals surface area (Å²) in [6, 6.07) is 15.2. The molecule has 1 saturated heterocycles. The number of aryl methyl sites for hydroxylation is 1. The molecular formula is C33H37N7O5. The van der Waals surface area contributed by atoms with Crippen LogP contribution in [0, 0.1) is 0 Å². The molecule has 1 aliphatic heterocycles. The van der Waals surface area contributed by atoms with Gasteiger partial charge in [-0.2, -0.15) is 0 Å². The average molecular weight is 612 g/mol. The van der Waals surface area contributed by atoms with Crippen LogP contribution in [0.1, 0.15) is 38.3 Å². The third-order valence-corrected chi connectivity index (χ3v) is 6.96. The number of benzene rings is 1. The van der Waals surface area contributed by atoms with Gasteiger partial charge in [0.05, 0.1) is 11.9 Å². The topological polar surface area (TPSA) is 143 Å². The molecule has 0 unspecified atom stereocenters. The fourth-order valence-electron chi connectivity index (χ4n) is 4.74. The third kappa shape index (κ3) is 9.12. The van der Waals surface area contributed by atoms with Crippen molar-refractivity contribution < 1.29 is 24.2 Å². The van der Waals surface area contributed by atoms with Gasteiger partial charge in [-0.05, 0) is 74.7 Å². The van der Waals surface area contributed by atoms with Crippen molar-refractivity contribution in [2.24, 2.45) is 0 Å². The zero-order valence-corrected chi connectivity index (χ0v) is 25.6. The smallest absolute Gasteiger partial charge is 0.410 e. The summed E-state index contributed by atoms with van der Waals surface area (Å²) in [7, 11) is 0. The van der Waals surface area contributed by atoms with Gasteiger partial charge in [0.15, 0.2) is 0 Å². The van der Waals surface area contributed by atoms with Crippen molar-refractivity contribution in [2.75, 3.05) is 36.4 Å². The van der Waals surface area contributed by atoms with E-state index in [-0.39, 0.29) is 19.1 Å². The summed E-state index contributed by atoms with van der Waals surface area (Å²) in [5.74, 6) is 1.79. The highest BCUT2D eigenvalue weighted by atomic mass is 16.6. The maximum absolute atomic E-state index is 12.5. The fraction of sp³-hybridized carbons (Fsp3) is 0.333. The van der Waals surface area contributed by atoms with Gasteiger partial charge >= 0.3 is 12.1 Å². The number of anilines is 3. The number of carboxylic acid groups (broad SMARTS) is 1. The Morgan fingerprint density at radius 2 is 1.69 bits per heavy atom. The molecule has 12 nitrogen and oxygen atoms in total. The van der Waals surface area contributed by atoms with Crippen molar-refractivity contribution in [3.8, 4) is 17.0 Å². The Bertz CT molecular complexity index is 1600. The van der Waals surface area contributed by atoms with Gasteiger partial charge in [-0.15, -0.1) is 0 Å². The number of piperazine rings is 1. The Balaban J connectivity index is 1.32. The Morgan fingerprint density at radius 1 is 0.911 bits per heavy atom. The molecule has 0 aliphatic carbocycles. The Kier molecular flexibility index (Phi) is 9.71. The van der Waals surface area contributed by atoms with Gasteiger partial charge in [0.25, 0.3) is 0 Å². The fourth-order valence-corrected chi connectivity index (χ4v) is 4.74. The van der Waals surface area contributed by atoms with Gasteiger partial charge in [0.2, 0.25) is 0 Å². The molecule has 5 rings (SSSR count). The first-order chi connectivity index (χ1) is 21.6. The number of nitrogens with one attached hydrogen (secondary N) is 1. The minimum Gasteiger partial charge on any atom is -0.489 e. The molecule has 45 heavy (non-hydrogen) atoms. The number of rotatable bonds is 10. The standard InChI is InChI=1S/C33H37N7O5/c1-33(2,3)45-32(43)40-16-14-39(15-17-40)30-20-25(10-11-36-30)27-18-24(19-28(37-27)38-29-21-34-12-13-35-29)22-44-26-7-4-23(5-8-26)6-9-31(41)42/h4-5,7-8,10-13,18-21H,6,9,14-17,22H2,1-3H3,(H,41,42)(H,35,37,38). The summed E-state index contributed by atoms with van der Waals surface area (Å²) < 4.78 is 11.6. The van der Waals surface area contributed by atoms with E-state index < -0.39 is 11.6 Å². The largest absolute Gasteiger partial charge is 0.489 e. The number of aromatic nitrogens is 4. The van der Waals surface area contributed by atoms with Crippen LogP contribution >= 0.6 is 0 Å². The number of carbonyl (C=O) groups is 2.